The van der Waals surface area contributed by atoms with E-state index in [1.54, 1.807) is 6.26 Å². The van der Waals surface area contributed by atoms with Crippen molar-refractivity contribution >= 4 is 8.07 Å². The molecule has 0 saturated heterocycles. The van der Waals surface area contributed by atoms with Gasteiger partial charge < -0.3 is 9.32 Å². The van der Waals surface area contributed by atoms with Crippen LogP contribution in [0.15, 0.2) is 23.0 Å². The van der Waals surface area contributed by atoms with Crippen LogP contribution in [0, 0.1) is 0 Å². The van der Waals surface area contributed by atoms with E-state index in [4.69, 9.17) is 4.42 Å². The summed E-state index contributed by atoms with van der Waals surface area (Å²) in [6.07, 6.45) is 4.79. The Morgan fingerprint density at radius 1 is 1.38 bits per heavy atom. The molecule has 2 nitrogen and oxygen atoms in total. The minimum atomic E-state index is -0.958. The van der Waals surface area contributed by atoms with Gasteiger partial charge in [0.25, 0.3) is 0 Å². The number of rotatable bonds is 4. The van der Waals surface area contributed by atoms with Crippen molar-refractivity contribution in [3.63, 3.8) is 0 Å². The molecule has 0 amide bonds. The van der Waals surface area contributed by atoms with Gasteiger partial charge in [-0.2, -0.15) is 0 Å². The fraction of sp³-hybridized carbons (Fsp3) is 0.600. The topological polar surface area (TPSA) is 16.4 Å². The van der Waals surface area contributed by atoms with Gasteiger partial charge in [0, 0.05) is 12.1 Å². The van der Waals surface area contributed by atoms with E-state index in [1.165, 1.54) is 11.7 Å². The zero-order chi connectivity index (χ0) is 9.90. The van der Waals surface area contributed by atoms with Crippen LogP contribution in [0.5, 0.6) is 0 Å². The van der Waals surface area contributed by atoms with Crippen molar-refractivity contribution < 1.29 is 4.42 Å². The summed E-state index contributed by atoms with van der Waals surface area (Å²) >= 11 is 0. The second-order valence-corrected chi connectivity index (χ2v) is 10.3. The molecule has 3 heteroatoms. The Kier molecular flexibility index (Phi) is 3.33. The second kappa shape index (κ2) is 4.11. The number of furan rings is 1. The van der Waals surface area contributed by atoms with Crippen LogP contribution in [0.1, 0.15) is 5.56 Å². The zero-order valence-corrected chi connectivity index (χ0v) is 10.0. The Labute approximate surface area is 81.6 Å². The molecule has 0 bridgehead atoms. The van der Waals surface area contributed by atoms with Crippen LogP contribution in [-0.4, -0.2) is 26.2 Å². The predicted molar refractivity (Wildman–Crippen MR) is 58.4 cm³/mol. The summed E-state index contributed by atoms with van der Waals surface area (Å²) in [7, 11) is 1.21. The summed E-state index contributed by atoms with van der Waals surface area (Å²) in [5.74, 6) is 0. The van der Waals surface area contributed by atoms with Crippen molar-refractivity contribution in [2.24, 2.45) is 0 Å². The molecule has 0 saturated carbocycles. The van der Waals surface area contributed by atoms with Crippen molar-refractivity contribution in [1.82, 2.24) is 4.90 Å². The van der Waals surface area contributed by atoms with Gasteiger partial charge in [0.05, 0.1) is 20.6 Å². The highest BCUT2D eigenvalue weighted by molar-refractivity contribution is 6.76. The van der Waals surface area contributed by atoms with Crippen LogP contribution in [0.3, 0.4) is 0 Å². The van der Waals surface area contributed by atoms with E-state index in [9.17, 15) is 0 Å². The third-order valence-corrected chi connectivity index (χ3v) is 3.27. The van der Waals surface area contributed by atoms with Crippen LogP contribution >= 0.6 is 0 Å². The molecule has 1 rings (SSSR count). The average Bonchev–Trinajstić information content (AvgIpc) is 2.34. The van der Waals surface area contributed by atoms with Gasteiger partial charge in [0.1, 0.15) is 0 Å². The van der Waals surface area contributed by atoms with Crippen LogP contribution < -0.4 is 0 Å². The van der Waals surface area contributed by atoms with E-state index >= 15 is 0 Å². The average molecular weight is 197 g/mol. The molecular formula is C10H19NOSi. The van der Waals surface area contributed by atoms with Crippen LogP contribution in [0.25, 0.3) is 0 Å². The highest BCUT2D eigenvalue weighted by Crippen LogP contribution is 2.07. The molecule has 0 atom stereocenters. The lowest BCUT2D eigenvalue weighted by atomic mass is 10.3. The molecule has 13 heavy (non-hydrogen) atoms. The summed E-state index contributed by atoms with van der Waals surface area (Å²) in [4.78, 5) is 2.37. The van der Waals surface area contributed by atoms with Crippen molar-refractivity contribution in [3.8, 4) is 0 Å². The first-order chi connectivity index (χ1) is 5.97. The maximum atomic E-state index is 5.03. The molecule has 0 aliphatic heterocycles. The number of hydrogen-bond donors (Lipinski definition) is 0. The summed E-state index contributed by atoms with van der Waals surface area (Å²) in [5, 5.41) is 0. The molecule has 0 fully saturated rings. The SMILES string of the molecule is CN(Cc1ccoc1)C[Si](C)(C)C. The minimum absolute atomic E-state index is 0.958. The standard InChI is InChI=1S/C10H19NOSi/c1-11(9-13(2,3)4)7-10-5-6-12-8-10/h5-6,8H,7,9H2,1-4H3. The van der Waals surface area contributed by atoms with Gasteiger partial charge in [-0.15, -0.1) is 0 Å². The third kappa shape index (κ3) is 4.29. The van der Waals surface area contributed by atoms with E-state index < -0.39 is 8.07 Å². The molecule has 1 heterocycles. The molecule has 0 aromatic carbocycles. The molecule has 0 aliphatic carbocycles. The fourth-order valence-electron chi connectivity index (χ4n) is 1.56. The molecule has 74 valence electrons. The van der Waals surface area contributed by atoms with Gasteiger partial charge in [-0.1, -0.05) is 19.6 Å². The Morgan fingerprint density at radius 3 is 2.54 bits per heavy atom. The summed E-state index contributed by atoms with van der Waals surface area (Å²) in [6.45, 7) is 8.16. The molecule has 1 aromatic heterocycles. The molecule has 0 N–H and O–H groups in total. The zero-order valence-electron chi connectivity index (χ0n) is 9.00. The molecule has 0 radical (unpaired) electrons. The van der Waals surface area contributed by atoms with E-state index in [2.05, 4.69) is 31.6 Å². The van der Waals surface area contributed by atoms with Gasteiger partial charge in [-0.05, 0) is 19.3 Å². The molecular weight excluding hydrogens is 178 g/mol. The van der Waals surface area contributed by atoms with E-state index in [0.717, 1.165) is 6.54 Å². The smallest absolute Gasteiger partial charge is 0.0947 e. The first kappa shape index (κ1) is 10.5. The quantitative estimate of drug-likeness (QED) is 0.690. The van der Waals surface area contributed by atoms with Gasteiger partial charge in [0.2, 0.25) is 0 Å². The maximum absolute atomic E-state index is 5.03. The van der Waals surface area contributed by atoms with Crippen molar-refractivity contribution in [2.45, 2.75) is 26.2 Å². The van der Waals surface area contributed by atoms with Crippen molar-refractivity contribution in [3.05, 3.63) is 24.2 Å². The normalized spacial score (nSPS) is 12.4. The Hall–Kier alpha value is -0.543. The van der Waals surface area contributed by atoms with Crippen LogP contribution in [0.4, 0.5) is 0 Å². The van der Waals surface area contributed by atoms with Crippen molar-refractivity contribution in [1.29, 1.82) is 0 Å². The van der Waals surface area contributed by atoms with E-state index in [0.29, 0.717) is 0 Å². The van der Waals surface area contributed by atoms with Gasteiger partial charge >= 0.3 is 0 Å². The molecule has 1 aromatic rings. The number of hydrogen-bond acceptors (Lipinski definition) is 2. The molecule has 0 spiro atoms. The maximum Gasteiger partial charge on any atom is 0.0947 e. The minimum Gasteiger partial charge on any atom is -0.472 e. The largest absolute Gasteiger partial charge is 0.472 e. The van der Waals surface area contributed by atoms with Gasteiger partial charge in [-0.3, -0.25) is 0 Å². The summed E-state index contributed by atoms with van der Waals surface area (Å²) in [6, 6.07) is 2.03. The molecule has 0 unspecified atom stereocenters. The first-order valence-corrected chi connectivity index (χ1v) is 8.38. The fourth-order valence-corrected chi connectivity index (χ4v) is 3.29. The predicted octanol–water partition coefficient (Wildman–Crippen LogP) is 2.59. The first-order valence-electron chi connectivity index (χ1n) is 4.67. The lowest BCUT2D eigenvalue weighted by Gasteiger charge is -2.24. The van der Waals surface area contributed by atoms with Gasteiger partial charge in [-0.25, -0.2) is 0 Å². The molecule has 0 aliphatic rings. The second-order valence-electron chi connectivity index (χ2n) is 4.86. The van der Waals surface area contributed by atoms with E-state index in [1.807, 2.05) is 12.3 Å². The Bertz CT molecular complexity index is 238. The Balaban J connectivity index is 2.38. The van der Waals surface area contributed by atoms with Gasteiger partial charge in [0.15, 0.2) is 0 Å². The lowest BCUT2D eigenvalue weighted by Crippen LogP contribution is -2.37. The highest BCUT2D eigenvalue weighted by Gasteiger charge is 2.15. The lowest BCUT2D eigenvalue weighted by molar-refractivity contribution is 0.373. The van der Waals surface area contributed by atoms with Crippen molar-refractivity contribution in [2.75, 3.05) is 13.2 Å². The van der Waals surface area contributed by atoms with Crippen LogP contribution in [-0.2, 0) is 6.54 Å². The number of nitrogens with zero attached hydrogens (tertiary/aromatic N) is 1. The van der Waals surface area contributed by atoms with Crippen LogP contribution in [0.2, 0.25) is 19.6 Å². The summed E-state index contributed by atoms with van der Waals surface area (Å²) in [5.41, 5.74) is 1.26. The van der Waals surface area contributed by atoms with E-state index in [-0.39, 0.29) is 0 Å². The monoisotopic (exact) mass is 197 g/mol. The Morgan fingerprint density at radius 2 is 2.08 bits per heavy atom. The third-order valence-electron chi connectivity index (χ3n) is 1.78. The summed E-state index contributed by atoms with van der Waals surface area (Å²) < 4.78 is 5.03. The highest BCUT2D eigenvalue weighted by atomic mass is 28.3.